The lowest BCUT2D eigenvalue weighted by Crippen LogP contribution is -2.45. The van der Waals surface area contributed by atoms with E-state index in [4.69, 9.17) is 18.0 Å². The lowest BCUT2D eigenvalue weighted by Gasteiger charge is -2.35. The standard InChI is InChI=1S/C15H32N2S/c1-6-9-11-17(13(4)8-3)14(18)12-15(5,16)10-7-2/h13H,6-12,16H2,1-5H3. The molecule has 0 aromatic rings. The molecule has 0 aliphatic carbocycles. The quantitative estimate of drug-likeness (QED) is 0.640. The minimum Gasteiger partial charge on any atom is -0.363 e. The smallest absolute Gasteiger partial charge is 0.0800 e. The first kappa shape index (κ1) is 17.8. The third kappa shape index (κ3) is 6.69. The third-order valence-corrected chi connectivity index (χ3v) is 3.95. The van der Waals surface area contributed by atoms with E-state index >= 15 is 0 Å². The summed E-state index contributed by atoms with van der Waals surface area (Å²) in [6.07, 6.45) is 6.55. The van der Waals surface area contributed by atoms with E-state index in [0.717, 1.165) is 37.2 Å². The monoisotopic (exact) mass is 272 g/mol. The fourth-order valence-corrected chi connectivity index (χ4v) is 2.85. The fraction of sp³-hybridized carbons (Fsp3) is 0.933. The van der Waals surface area contributed by atoms with Gasteiger partial charge in [-0.2, -0.15) is 0 Å². The molecule has 0 saturated carbocycles. The molecule has 3 heteroatoms. The summed E-state index contributed by atoms with van der Waals surface area (Å²) in [5, 5.41) is 0. The lowest BCUT2D eigenvalue weighted by molar-refractivity contribution is 0.306. The summed E-state index contributed by atoms with van der Waals surface area (Å²) in [7, 11) is 0. The maximum atomic E-state index is 6.32. The maximum absolute atomic E-state index is 6.32. The molecule has 0 amide bonds. The summed E-state index contributed by atoms with van der Waals surface area (Å²) in [5.74, 6) is 0. The Morgan fingerprint density at radius 2 is 1.89 bits per heavy atom. The molecule has 0 spiro atoms. The van der Waals surface area contributed by atoms with Gasteiger partial charge in [0.05, 0.1) is 4.99 Å². The molecular weight excluding hydrogens is 240 g/mol. The van der Waals surface area contributed by atoms with Crippen LogP contribution < -0.4 is 5.73 Å². The van der Waals surface area contributed by atoms with Crippen LogP contribution in [0.15, 0.2) is 0 Å². The first-order valence-electron chi connectivity index (χ1n) is 7.46. The largest absolute Gasteiger partial charge is 0.363 e. The van der Waals surface area contributed by atoms with Gasteiger partial charge in [0.1, 0.15) is 0 Å². The lowest BCUT2D eigenvalue weighted by atomic mass is 9.93. The van der Waals surface area contributed by atoms with Crippen molar-refractivity contribution in [2.45, 2.75) is 84.7 Å². The van der Waals surface area contributed by atoms with Crippen LogP contribution in [0.3, 0.4) is 0 Å². The molecule has 0 fully saturated rings. The van der Waals surface area contributed by atoms with Crippen LogP contribution in [0.4, 0.5) is 0 Å². The van der Waals surface area contributed by atoms with Crippen LogP contribution in [0.1, 0.15) is 73.1 Å². The van der Waals surface area contributed by atoms with Crippen LogP contribution in [0.25, 0.3) is 0 Å². The first-order chi connectivity index (χ1) is 8.37. The van der Waals surface area contributed by atoms with Gasteiger partial charge in [-0.15, -0.1) is 0 Å². The zero-order chi connectivity index (χ0) is 14.2. The Kier molecular flexibility index (Phi) is 8.79. The third-order valence-electron chi connectivity index (χ3n) is 3.57. The Balaban J connectivity index is 4.54. The minimum absolute atomic E-state index is 0.149. The van der Waals surface area contributed by atoms with Crippen molar-refractivity contribution < 1.29 is 0 Å². The second-order valence-corrected chi connectivity index (χ2v) is 6.25. The molecule has 0 aliphatic rings. The van der Waals surface area contributed by atoms with Crippen LogP contribution in [0.5, 0.6) is 0 Å². The molecule has 2 N–H and O–H groups in total. The second kappa shape index (κ2) is 8.87. The van der Waals surface area contributed by atoms with Crippen LogP contribution in [0.2, 0.25) is 0 Å². The molecule has 108 valence electrons. The highest BCUT2D eigenvalue weighted by Crippen LogP contribution is 2.18. The molecule has 0 aliphatic heterocycles. The first-order valence-corrected chi connectivity index (χ1v) is 7.87. The van der Waals surface area contributed by atoms with E-state index < -0.39 is 0 Å². The van der Waals surface area contributed by atoms with Crippen LogP contribution >= 0.6 is 12.2 Å². The van der Waals surface area contributed by atoms with Crippen molar-refractivity contribution in [1.29, 1.82) is 0 Å². The van der Waals surface area contributed by atoms with Crippen LogP contribution in [0, 0.1) is 0 Å². The molecule has 0 radical (unpaired) electrons. The van der Waals surface area contributed by atoms with Crippen molar-refractivity contribution >= 4 is 17.2 Å². The van der Waals surface area contributed by atoms with Gasteiger partial charge in [-0.1, -0.05) is 45.8 Å². The average Bonchev–Trinajstić information content (AvgIpc) is 2.28. The Morgan fingerprint density at radius 1 is 1.28 bits per heavy atom. The molecule has 0 aromatic heterocycles. The summed E-state index contributed by atoms with van der Waals surface area (Å²) >= 11 is 5.64. The Labute approximate surface area is 119 Å². The molecule has 0 heterocycles. The predicted octanol–water partition coefficient (Wildman–Crippen LogP) is 4.12. The van der Waals surface area contributed by atoms with E-state index in [1.54, 1.807) is 0 Å². The summed E-state index contributed by atoms with van der Waals surface area (Å²) in [6, 6.07) is 0.529. The molecule has 0 aromatic carbocycles. The van der Waals surface area contributed by atoms with Gasteiger partial charge in [-0.25, -0.2) is 0 Å². The Hall–Kier alpha value is -0.150. The van der Waals surface area contributed by atoms with E-state index in [0.29, 0.717) is 6.04 Å². The van der Waals surface area contributed by atoms with Gasteiger partial charge in [0.25, 0.3) is 0 Å². The van der Waals surface area contributed by atoms with Gasteiger partial charge in [0, 0.05) is 24.5 Å². The zero-order valence-electron chi connectivity index (χ0n) is 13.0. The molecule has 0 bridgehead atoms. The number of hydrogen-bond donors (Lipinski definition) is 1. The molecule has 0 saturated heterocycles. The van der Waals surface area contributed by atoms with Crippen LogP contribution in [-0.4, -0.2) is 28.0 Å². The topological polar surface area (TPSA) is 29.3 Å². The fourth-order valence-electron chi connectivity index (χ4n) is 2.25. The number of rotatable bonds is 9. The minimum atomic E-state index is -0.149. The highest BCUT2D eigenvalue weighted by molar-refractivity contribution is 7.80. The molecule has 2 unspecified atom stereocenters. The van der Waals surface area contributed by atoms with E-state index in [1.165, 1.54) is 12.8 Å². The van der Waals surface area contributed by atoms with Gasteiger partial charge in [0.15, 0.2) is 0 Å². The van der Waals surface area contributed by atoms with E-state index in [1.807, 2.05) is 0 Å². The molecule has 0 rings (SSSR count). The van der Waals surface area contributed by atoms with Gasteiger partial charge < -0.3 is 10.6 Å². The molecular formula is C15H32N2S. The van der Waals surface area contributed by atoms with Gasteiger partial charge in [-0.05, 0) is 33.1 Å². The summed E-state index contributed by atoms with van der Waals surface area (Å²) < 4.78 is 0. The highest BCUT2D eigenvalue weighted by atomic mass is 32.1. The SMILES string of the molecule is CCCCN(C(=S)CC(C)(N)CCC)C(C)CC. The van der Waals surface area contributed by atoms with E-state index in [9.17, 15) is 0 Å². The molecule has 2 nitrogen and oxygen atoms in total. The normalized spacial score (nSPS) is 16.1. The second-order valence-electron chi connectivity index (χ2n) is 5.78. The van der Waals surface area contributed by atoms with Gasteiger partial charge >= 0.3 is 0 Å². The van der Waals surface area contributed by atoms with Crippen LogP contribution in [-0.2, 0) is 0 Å². The summed E-state index contributed by atoms with van der Waals surface area (Å²) in [4.78, 5) is 3.44. The van der Waals surface area contributed by atoms with E-state index in [2.05, 4.69) is 39.5 Å². The number of unbranched alkanes of at least 4 members (excludes halogenated alkanes) is 1. The maximum Gasteiger partial charge on any atom is 0.0800 e. The van der Waals surface area contributed by atoms with Crippen molar-refractivity contribution in [2.24, 2.45) is 5.73 Å². The molecule has 2 atom stereocenters. The van der Waals surface area contributed by atoms with Crippen molar-refractivity contribution in [3.63, 3.8) is 0 Å². The number of nitrogens with two attached hydrogens (primary N) is 1. The van der Waals surface area contributed by atoms with Gasteiger partial charge in [-0.3, -0.25) is 0 Å². The number of nitrogens with zero attached hydrogens (tertiary/aromatic N) is 1. The average molecular weight is 273 g/mol. The van der Waals surface area contributed by atoms with Crippen molar-refractivity contribution in [2.75, 3.05) is 6.54 Å². The predicted molar refractivity (Wildman–Crippen MR) is 86.1 cm³/mol. The zero-order valence-corrected chi connectivity index (χ0v) is 13.8. The van der Waals surface area contributed by atoms with Gasteiger partial charge in [0.2, 0.25) is 0 Å². The Morgan fingerprint density at radius 3 is 2.33 bits per heavy atom. The van der Waals surface area contributed by atoms with Crippen molar-refractivity contribution in [3.8, 4) is 0 Å². The summed E-state index contributed by atoms with van der Waals surface area (Å²) in [6.45, 7) is 12.1. The van der Waals surface area contributed by atoms with E-state index in [-0.39, 0.29) is 5.54 Å². The van der Waals surface area contributed by atoms with Crippen molar-refractivity contribution in [1.82, 2.24) is 4.90 Å². The summed E-state index contributed by atoms with van der Waals surface area (Å²) in [5.41, 5.74) is 6.17. The number of thiocarbonyl (C=S) groups is 1. The number of hydrogen-bond acceptors (Lipinski definition) is 2. The molecule has 18 heavy (non-hydrogen) atoms. The Bertz CT molecular complexity index is 239. The highest BCUT2D eigenvalue weighted by Gasteiger charge is 2.24. The van der Waals surface area contributed by atoms with Crippen molar-refractivity contribution in [3.05, 3.63) is 0 Å².